The highest BCUT2D eigenvalue weighted by Gasteiger charge is 2.23. The molecule has 1 aliphatic rings. The Balaban J connectivity index is 1.96. The summed E-state index contributed by atoms with van der Waals surface area (Å²) in [6, 6.07) is 5.55. The van der Waals surface area contributed by atoms with Crippen molar-refractivity contribution in [3.63, 3.8) is 0 Å². The fourth-order valence-electron chi connectivity index (χ4n) is 2.87. The lowest BCUT2D eigenvalue weighted by Crippen LogP contribution is -2.29. The lowest BCUT2D eigenvalue weighted by atomic mass is 9.91. The number of rotatable bonds is 2. The van der Waals surface area contributed by atoms with Crippen molar-refractivity contribution in [2.45, 2.75) is 18.8 Å². The van der Waals surface area contributed by atoms with E-state index < -0.39 is 0 Å². The second-order valence-electron chi connectivity index (χ2n) is 5.44. The molecule has 2 heterocycles. The highest BCUT2D eigenvalue weighted by atomic mass is 16.5. The van der Waals surface area contributed by atoms with Crippen molar-refractivity contribution >= 4 is 16.9 Å². The molecule has 0 saturated carbocycles. The summed E-state index contributed by atoms with van der Waals surface area (Å²) in [5.74, 6) is 0.162. The minimum absolute atomic E-state index is 0.303. The number of ether oxygens (including phenoxy) is 1. The van der Waals surface area contributed by atoms with Gasteiger partial charge in [-0.15, -0.1) is 0 Å². The van der Waals surface area contributed by atoms with E-state index in [1.165, 1.54) is 7.11 Å². The first-order chi connectivity index (χ1) is 9.69. The highest BCUT2D eigenvalue weighted by molar-refractivity contribution is 5.95. The number of methoxy groups -OCH3 is 1. The first-order valence-electron chi connectivity index (χ1n) is 6.94. The van der Waals surface area contributed by atoms with E-state index in [2.05, 4.69) is 22.1 Å². The number of esters is 1. The van der Waals surface area contributed by atoms with Gasteiger partial charge in [-0.1, -0.05) is 0 Å². The van der Waals surface area contributed by atoms with E-state index >= 15 is 0 Å². The van der Waals surface area contributed by atoms with Gasteiger partial charge in [0.2, 0.25) is 0 Å². The van der Waals surface area contributed by atoms with Crippen LogP contribution in [0.1, 0.15) is 34.8 Å². The molecule has 5 heteroatoms. The molecular weight excluding hydrogens is 254 g/mol. The number of nitrogens with zero attached hydrogens (tertiary/aromatic N) is 2. The number of piperidine rings is 1. The first-order valence-corrected chi connectivity index (χ1v) is 6.94. The molecule has 20 heavy (non-hydrogen) atoms. The standard InChI is InChI=1S/C15H19N3O2/c1-18-7-5-10(6-8-18)14-12-9-11(15(19)20-2)3-4-13(12)16-17-14/h3-4,9-10H,5-8H2,1-2H3,(H,16,17). The van der Waals surface area contributed by atoms with Gasteiger partial charge in [0.1, 0.15) is 0 Å². The molecule has 0 radical (unpaired) electrons. The fourth-order valence-corrected chi connectivity index (χ4v) is 2.87. The molecule has 1 aromatic heterocycles. The van der Waals surface area contributed by atoms with Gasteiger partial charge >= 0.3 is 5.97 Å². The van der Waals surface area contributed by atoms with E-state index in [0.29, 0.717) is 11.5 Å². The van der Waals surface area contributed by atoms with E-state index in [1.807, 2.05) is 12.1 Å². The van der Waals surface area contributed by atoms with Crippen LogP contribution in [0.15, 0.2) is 18.2 Å². The predicted molar refractivity (Wildman–Crippen MR) is 76.9 cm³/mol. The quantitative estimate of drug-likeness (QED) is 0.852. The summed E-state index contributed by atoms with van der Waals surface area (Å²) < 4.78 is 4.78. The number of likely N-dealkylation sites (tertiary alicyclic amines) is 1. The summed E-state index contributed by atoms with van der Waals surface area (Å²) in [6.45, 7) is 2.19. The number of fused-ring (bicyclic) bond motifs is 1. The number of aromatic amines is 1. The van der Waals surface area contributed by atoms with E-state index in [0.717, 1.165) is 42.5 Å². The second kappa shape index (κ2) is 5.25. The number of hydrogen-bond donors (Lipinski definition) is 1. The van der Waals surface area contributed by atoms with Crippen molar-refractivity contribution in [2.24, 2.45) is 0 Å². The number of aromatic nitrogens is 2. The molecule has 0 unspecified atom stereocenters. The average Bonchev–Trinajstić information content (AvgIpc) is 2.90. The molecule has 1 aromatic carbocycles. The van der Waals surface area contributed by atoms with Crippen LogP contribution < -0.4 is 0 Å². The van der Waals surface area contributed by atoms with E-state index in [4.69, 9.17) is 4.74 Å². The average molecular weight is 273 g/mol. The minimum atomic E-state index is -0.303. The third-order valence-corrected chi connectivity index (χ3v) is 4.12. The van der Waals surface area contributed by atoms with Gasteiger partial charge in [0.05, 0.1) is 23.9 Å². The van der Waals surface area contributed by atoms with Gasteiger partial charge in [0, 0.05) is 11.3 Å². The topological polar surface area (TPSA) is 58.2 Å². The first kappa shape index (κ1) is 13.1. The fraction of sp³-hybridized carbons (Fsp3) is 0.467. The Bertz CT molecular complexity index is 627. The van der Waals surface area contributed by atoms with Crippen LogP contribution in [0.5, 0.6) is 0 Å². The largest absolute Gasteiger partial charge is 0.465 e. The van der Waals surface area contributed by atoms with E-state index in [-0.39, 0.29) is 5.97 Å². The lowest BCUT2D eigenvalue weighted by Gasteiger charge is -2.28. The van der Waals surface area contributed by atoms with Crippen molar-refractivity contribution < 1.29 is 9.53 Å². The Hall–Kier alpha value is -1.88. The highest BCUT2D eigenvalue weighted by Crippen LogP contribution is 2.31. The van der Waals surface area contributed by atoms with Crippen LogP contribution in [0, 0.1) is 0 Å². The Morgan fingerprint density at radius 3 is 2.85 bits per heavy atom. The normalized spacial score (nSPS) is 17.5. The minimum Gasteiger partial charge on any atom is -0.465 e. The second-order valence-corrected chi connectivity index (χ2v) is 5.44. The summed E-state index contributed by atoms with van der Waals surface area (Å²) in [5.41, 5.74) is 2.64. The van der Waals surface area contributed by atoms with Crippen LogP contribution in [0.3, 0.4) is 0 Å². The Morgan fingerprint density at radius 1 is 1.40 bits per heavy atom. The lowest BCUT2D eigenvalue weighted by molar-refractivity contribution is 0.0601. The van der Waals surface area contributed by atoms with Crippen LogP contribution in [-0.4, -0.2) is 48.3 Å². The number of carbonyl (C=O) groups is 1. The van der Waals surface area contributed by atoms with Gasteiger partial charge < -0.3 is 9.64 Å². The number of nitrogens with one attached hydrogen (secondary N) is 1. The summed E-state index contributed by atoms with van der Waals surface area (Å²) >= 11 is 0. The zero-order chi connectivity index (χ0) is 14.1. The molecule has 5 nitrogen and oxygen atoms in total. The van der Waals surface area contributed by atoms with Crippen LogP contribution >= 0.6 is 0 Å². The van der Waals surface area contributed by atoms with Gasteiger partial charge in [-0.05, 0) is 51.2 Å². The molecular formula is C15H19N3O2. The van der Waals surface area contributed by atoms with Crippen molar-refractivity contribution in [3.05, 3.63) is 29.5 Å². The third-order valence-electron chi connectivity index (χ3n) is 4.12. The van der Waals surface area contributed by atoms with Crippen LogP contribution in [-0.2, 0) is 4.74 Å². The van der Waals surface area contributed by atoms with E-state index in [9.17, 15) is 4.79 Å². The molecule has 0 bridgehead atoms. The molecule has 0 atom stereocenters. The smallest absolute Gasteiger partial charge is 0.337 e. The molecule has 1 aliphatic heterocycles. The van der Waals surface area contributed by atoms with Gasteiger partial charge in [-0.2, -0.15) is 5.10 Å². The summed E-state index contributed by atoms with van der Waals surface area (Å²) in [4.78, 5) is 14.0. The zero-order valence-corrected chi connectivity index (χ0v) is 11.8. The monoisotopic (exact) mass is 273 g/mol. The summed E-state index contributed by atoms with van der Waals surface area (Å²) in [6.07, 6.45) is 2.22. The Kier molecular flexibility index (Phi) is 3.44. The molecule has 0 spiro atoms. The molecule has 1 N–H and O–H groups in total. The molecule has 106 valence electrons. The Labute approximate surface area is 117 Å². The summed E-state index contributed by atoms with van der Waals surface area (Å²) in [7, 11) is 3.55. The third kappa shape index (κ3) is 2.29. The molecule has 1 fully saturated rings. The van der Waals surface area contributed by atoms with Crippen LogP contribution in [0.2, 0.25) is 0 Å². The summed E-state index contributed by atoms with van der Waals surface area (Å²) in [5, 5.41) is 8.58. The van der Waals surface area contributed by atoms with Gasteiger partial charge in [-0.25, -0.2) is 4.79 Å². The maximum atomic E-state index is 11.7. The molecule has 2 aromatic rings. The van der Waals surface area contributed by atoms with Gasteiger partial charge in [-0.3, -0.25) is 5.10 Å². The Morgan fingerprint density at radius 2 is 2.15 bits per heavy atom. The molecule has 3 rings (SSSR count). The molecule has 0 aliphatic carbocycles. The number of H-pyrrole nitrogens is 1. The van der Waals surface area contributed by atoms with Crippen molar-refractivity contribution in [1.29, 1.82) is 0 Å². The number of carbonyl (C=O) groups excluding carboxylic acids is 1. The van der Waals surface area contributed by atoms with Gasteiger partial charge in [0.25, 0.3) is 0 Å². The SMILES string of the molecule is COC(=O)c1ccc2[nH]nc(C3CCN(C)CC3)c2c1. The number of hydrogen-bond acceptors (Lipinski definition) is 4. The number of benzene rings is 1. The predicted octanol–water partition coefficient (Wildman–Crippen LogP) is 2.16. The van der Waals surface area contributed by atoms with Crippen molar-refractivity contribution in [3.8, 4) is 0 Å². The van der Waals surface area contributed by atoms with Gasteiger partial charge in [0.15, 0.2) is 0 Å². The zero-order valence-electron chi connectivity index (χ0n) is 11.8. The maximum Gasteiger partial charge on any atom is 0.337 e. The van der Waals surface area contributed by atoms with Crippen molar-refractivity contribution in [1.82, 2.24) is 15.1 Å². The van der Waals surface area contributed by atoms with Crippen LogP contribution in [0.4, 0.5) is 0 Å². The van der Waals surface area contributed by atoms with Crippen LogP contribution in [0.25, 0.3) is 10.9 Å². The maximum absolute atomic E-state index is 11.7. The van der Waals surface area contributed by atoms with Crippen molar-refractivity contribution in [2.75, 3.05) is 27.2 Å². The van der Waals surface area contributed by atoms with E-state index in [1.54, 1.807) is 6.07 Å². The molecule has 0 amide bonds. The molecule has 1 saturated heterocycles.